The number of aryl methyl sites for hydroxylation is 1. The van der Waals surface area contributed by atoms with Crippen LogP contribution in [0.1, 0.15) is 11.1 Å². The summed E-state index contributed by atoms with van der Waals surface area (Å²) in [5, 5.41) is 12.1. The van der Waals surface area contributed by atoms with Crippen molar-refractivity contribution in [3.8, 4) is 5.75 Å². The molecule has 6 N–H and O–H groups in total. The van der Waals surface area contributed by atoms with Crippen LogP contribution in [0.15, 0.2) is 59.7 Å². The van der Waals surface area contributed by atoms with E-state index in [4.69, 9.17) is 26.6 Å². The van der Waals surface area contributed by atoms with Crippen LogP contribution in [0.5, 0.6) is 5.75 Å². The van der Waals surface area contributed by atoms with E-state index in [0.29, 0.717) is 12.4 Å². The van der Waals surface area contributed by atoms with E-state index in [9.17, 15) is 0 Å². The number of nitrogens with two attached hydrogens (primary N) is 2. The van der Waals surface area contributed by atoms with Gasteiger partial charge in [0.25, 0.3) is 0 Å². The Kier molecular flexibility index (Phi) is 5.98. The molecule has 0 aliphatic carbocycles. The minimum atomic E-state index is -0.429. The normalized spacial score (nSPS) is 11.0. The van der Waals surface area contributed by atoms with Gasteiger partial charge >= 0.3 is 0 Å². The maximum Gasteiger partial charge on any atom is 0.248 e. The van der Waals surface area contributed by atoms with Crippen molar-refractivity contribution < 1.29 is 9.68 Å². The fourth-order valence-corrected chi connectivity index (χ4v) is 1.70. The molecule has 0 spiro atoms. The van der Waals surface area contributed by atoms with Gasteiger partial charge in [0.1, 0.15) is 0 Å². The number of hydrogen-bond donors (Lipinski definition) is 4. The van der Waals surface area contributed by atoms with Gasteiger partial charge < -0.3 is 16.3 Å². The van der Waals surface area contributed by atoms with Gasteiger partial charge in [0.15, 0.2) is 5.75 Å². The third-order valence-electron chi connectivity index (χ3n) is 2.88. The molecule has 0 aliphatic heterocycles. The van der Waals surface area contributed by atoms with Gasteiger partial charge in [-0.1, -0.05) is 58.3 Å². The molecule has 24 heavy (non-hydrogen) atoms. The third-order valence-corrected chi connectivity index (χ3v) is 2.88. The van der Waals surface area contributed by atoms with E-state index in [1.165, 1.54) is 5.56 Å². The van der Waals surface area contributed by atoms with Crippen molar-refractivity contribution in [2.45, 2.75) is 13.5 Å². The summed E-state index contributed by atoms with van der Waals surface area (Å²) in [6.45, 7) is 2.31. The molecule has 2 aromatic rings. The highest BCUT2D eigenvalue weighted by atomic mass is 16.7. The molecule has 0 heterocycles. The predicted octanol–water partition coefficient (Wildman–Crippen LogP) is 1.44. The lowest BCUT2D eigenvalue weighted by molar-refractivity contribution is 0.0137. The van der Waals surface area contributed by atoms with Crippen LogP contribution in [0.2, 0.25) is 0 Å². The standard InChI is InChI=1S/C16H20N6O2/c1-12-7-9-13(10-8-12)11-23-21-16(19)20-22(15(17)18)24-14-5-3-2-4-6-14/h2-10H,11H2,1H3,(H3,17,18)(H3,19,20,21). The van der Waals surface area contributed by atoms with Crippen LogP contribution in [0.3, 0.4) is 0 Å². The van der Waals surface area contributed by atoms with Gasteiger partial charge in [0, 0.05) is 0 Å². The van der Waals surface area contributed by atoms with Crippen LogP contribution in [-0.4, -0.2) is 17.1 Å². The third kappa shape index (κ3) is 5.50. The van der Waals surface area contributed by atoms with Crippen LogP contribution in [0.25, 0.3) is 0 Å². The average molecular weight is 328 g/mol. The van der Waals surface area contributed by atoms with Gasteiger partial charge in [0.05, 0.1) is 6.61 Å². The Hall–Kier alpha value is -3.26. The summed E-state index contributed by atoms with van der Waals surface area (Å²) in [5.74, 6) is -0.0693. The molecule has 0 amide bonds. The van der Waals surface area contributed by atoms with Gasteiger partial charge in [-0.2, -0.15) is 0 Å². The number of guanidine groups is 2. The first kappa shape index (κ1) is 17.1. The van der Waals surface area contributed by atoms with Crippen molar-refractivity contribution in [1.29, 1.82) is 5.41 Å². The van der Waals surface area contributed by atoms with Crippen molar-refractivity contribution >= 4 is 11.9 Å². The number of hydroxylamine groups is 2. The predicted molar refractivity (Wildman–Crippen MR) is 91.5 cm³/mol. The SMILES string of the molecule is Cc1ccc(CONC(N)=NN(Oc2ccccc2)C(=N)N)cc1. The molecule has 0 radical (unpaired) electrons. The lowest BCUT2D eigenvalue weighted by Crippen LogP contribution is -2.40. The fraction of sp³-hybridized carbons (Fsp3) is 0.125. The van der Waals surface area contributed by atoms with E-state index in [1.807, 2.05) is 37.3 Å². The lowest BCUT2D eigenvalue weighted by atomic mass is 10.2. The van der Waals surface area contributed by atoms with Gasteiger partial charge in [-0.25, -0.2) is 5.48 Å². The quantitative estimate of drug-likeness (QED) is 0.361. The van der Waals surface area contributed by atoms with Crippen molar-refractivity contribution in [3.63, 3.8) is 0 Å². The molecular weight excluding hydrogens is 308 g/mol. The Morgan fingerprint density at radius 1 is 1.12 bits per heavy atom. The number of nitrogens with one attached hydrogen (secondary N) is 2. The summed E-state index contributed by atoms with van der Waals surface area (Å²) in [7, 11) is 0. The topological polar surface area (TPSA) is 122 Å². The second-order valence-electron chi connectivity index (χ2n) is 4.92. The first-order valence-electron chi connectivity index (χ1n) is 7.19. The summed E-state index contributed by atoms with van der Waals surface area (Å²) in [5.41, 5.74) is 15.7. The summed E-state index contributed by atoms with van der Waals surface area (Å²) in [6, 6.07) is 16.7. The highest BCUT2D eigenvalue weighted by Gasteiger charge is 2.09. The molecule has 0 saturated heterocycles. The van der Waals surface area contributed by atoms with Crippen LogP contribution in [-0.2, 0) is 11.4 Å². The zero-order valence-electron chi connectivity index (χ0n) is 13.3. The maximum absolute atomic E-state index is 7.47. The zero-order valence-corrected chi connectivity index (χ0v) is 13.3. The van der Waals surface area contributed by atoms with E-state index >= 15 is 0 Å². The molecular formula is C16H20N6O2. The molecule has 8 heteroatoms. The molecule has 0 atom stereocenters. The monoisotopic (exact) mass is 328 g/mol. The average Bonchev–Trinajstić information content (AvgIpc) is 2.57. The van der Waals surface area contributed by atoms with Crippen LogP contribution in [0.4, 0.5) is 0 Å². The molecule has 0 aromatic heterocycles. The minimum Gasteiger partial charge on any atom is -0.367 e. The van der Waals surface area contributed by atoms with E-state index in [-0.39, 0.29) is 5.96 Å². The molecule has 0 bridgehead atoms. The Bertz CT molecular complexity index is 687. The smallest absolute Gasteiger partial charge is 0.248 e. The van der Waals surface area contributed by atoms with Crippen molar-refractivity contribution in [3.05, 3.63) is 65.7 Å². The lowest BCUT2D eigenvalue weighted by Gasteiger charge is -2.17. The highest BCUT2D eigenvalue weighted by Crippen LogP contribution is 2.10. The Labute approximate surface area is 140 Å². The minimum absolute atomic E-state index is 0.103. The molecule has 0 unspecified atom stereocenters. The van der Waals surface area contributed by atoms with Crippen molar-refractivity contribution in [2.24, 2.45) is 16.6 Å². The molecule has 2 rings (SSSR count). The van der Waals surface area contributed by atoms with Crippen LogP contribution >= 0.6 is 0 Å². The number of nitrogens with zero attached hydrogens (tertiary/aromatic N) is 2. The Balaban J connectivity index is 1.89. The van der Waals surface area contributed by atoms with Crippen molar-refractivity contribution in [2.75, 3.05) is 0 Å². The number of benzene rings is 2. The van der Waals surface area contributed by atoms with E-state index < -0.39 is 5.96 Å². The second-order valence-corrected chi connectivity index (χ2v) is 4.92. The molecule has 0 aliphatic rings. The van der Waals surface area contributed by atoms with Gasteiger partial charge in [-0.05, 0) is 24.6 Å². The summed E-state index contributed by atoms with van der Waals surface area (Å²) in [6.07, 6.45) is 0. The van der Waals surface area contributed by atoms with Crippen molar-refractivity contribution in [1.82, 2.24) is 10.7 Å². The molecule has 0 fully saturated rings. The Morgan fingerprint density at radius 2 is 1.79 bits per heavy atom. The fourth-order valence-electron chi connectivity index (χ4n) is 1.70. The molecule has 126 valence electrons. The largest absolute Gasteiger partial charge is 0.367 e. The summed E-state index contributed by atoms with van der Waals surface area (Å²) < 4.78 is 0. The van der Waals surface area contributed by atoms with Gasteiger partial charge in [-0.3, -0.25) is 10.2 Å². The van der Waals surface area contributed by atoms with E-state index in [1.54, 1.807) is 24.3 Å². The summed E-state index contributed by atoms with van der Waals surface area (Å²) >= 11 is 0. The molecule has 8 nitrogen and oxygen atoms in total. The number of para-hydroxylation sites is 1. The van der Waals surface area contributed by atoms with Crippen LogP contribution in [0, 0.1) is 12.3 Å². The van der Waals surface area contributed by atoms with Gasteiger partial charge in [-0.15, -0.1) is 0 Å². The number of rotatable bonds is 6. The van der Waals surface area contributed by atoms with Crippen LogP contribution < -0.4 is 21.8 Å². The molecule has 2 aromatic carbocycles. The van der Waals surface area contributed by atoms with Gasteiger partial charge in [0.2, 0.25) is 11.9 Å². The second kappa shape index (κ2) is 8.39. The van der Waals surface area contributed by atoms with E-state index in [0.717, 1.165) is 10.7 Å². The molecule has 0 saturated carbocycles. The maximum atomic E-state index is 7.47. The number of hydrogen-bond acceptors (Lipinski definition) is 4. The Morgan fingerprint density at radius 3 is 2.42 bits per heavy atom. The zero-order chi connectivity index (χ0) is 17.4. The number of hydrazone groups is 1. The first-order chi connectivity index (χ1) is 11.5. The van der Waals surface area contributed by atoms with E-state index in [2.05, 4.69) is 10.6 Å². The first-order valence-corrected chi connectivity index (χ1v) is 7.19. The highest BCUT2D eigenvalue weighted by molar-refractivity contribution is 5.80. The summed E-state index contributed by atoms with van der Waals surface area (Å²) in [4.78, 5) is 10.6.